The Kier molecular flexibility index (Phi) is 2.92. The first kappa shape index (κ1) is 10.1. The highest BCUT2D eigenvalue weighted by molar-refractivity contribution is 5.86. The van der Waals surface area contributed by atoms with Gasteiger partial charge in [-0.15, -0.1) is 0 Å². The minimum absolute atomic E-state index is 0.729. The Morgan fingerprint density at radius 3 is 3.00 bits per heavy atom. The van der Waals surface area contributed by atoms with Crippen LogP contribution in [0.1, 0.15) is 12.1 Å². The number of aromatic nitrogens is 1. The van der Waals surface area contributed by atoms with E-state index in [4.69, 9.17) is 10.5 Å². The van der Waals surface area contributed by atoms with Crippen molar-refractivity contribution >= 4 is 10.9 Å². The third-order valence-electron chi connectivity index (χ3n) is 2.54. The molecule has 80 valence electrons. The van der Waals surface area contributed by atoms with Crippen molar-refractivity contribution in [2.24, 2.45) is 5.73 Å². The smallest absolute Gasteiger partial charge is 0.142 e. The normalized spacial score (nSPS) is 10.8. The van der Waals surface area contributed by atoms with Crippen LogP contribution < -0.4 is 10.5 Å². The summed E-state index contributed by atoms with van der Waals surface area (Å²) in [6.07, 6.45) is 2.00. The number of aryl methyl sites for hydroxylation is 1. The molecular formula is C12H16N2O. The van der Waals surface area contributed by atoms with Crippen molar-refractivity contribution in [3.63, 3.8) is 0 Å². The molecule has 0 fully saturated rings. The van der Waals surface area contributed by atoms with E-state index in [1.807, 2.05) is 12.1 Å². The zero-order valence-corrected chi connectivity index (χ0v) is 8.92. The molecular weight excluding hydrogens is 188 g/mol. The molecule has 2 rings (SSSR count). The second-order valence-corrected chi connectivity index (χ2v) is 3.61. The third-order valence-corrected chi connectivity index (χ3v) is 2.54. The van der Waals surface area contributed by atoms with Gasteiger partial charge in [0.25, 0.3) is 0 Å². The van der Waals surface area contributed by atoms with Crippen LogP contribution in [0.3, 0.4) is 0 Å². The summed E-state index contributed by atoms with van der Waals surface area (Å²) in [5.74, 6) is 0.895. The maximum Gasteiger partial charge on any atom is 0.142 e. The van der Waals surface area contributed by atoms with E-state index in [1.54, 1.807) is 7.11 Å². The number of nitrogens with two attached hydrogens (primary N) is 1. The van der Waals surface area contributed by atoms with E-state index in [0.717, 1.165) is 30.7 Å². The van der Waals surface area contributed by atoms with Gasteiger partial charge in [0, 0.05) is 11.1 Å². The highest BCUT2D eigenvalue weighted by Gasteiger charge is 2.04. The van der Waals surface area contributed by atoms with E-state index in [9.17, 15) is 0 Å². The summed E-state index contributed by atoms with van der Waals surface area (Å²) in [5, 5.41) is 1.20. The van der Waals surface area contributed by atoms with Gasteiger partial charge in [0.05, 0.1) is 12.6 Å². The molecule has 0 unspecified atom stereocenters. The van der Waals surface area contributed by atoms with Gasteiger partial charge in [-0.05, 0) is 31.5 Å². The maximum absolute atomic E-state index is 5.49. The van der Waals surface area contributed by atoms with E-state index in [-0.39, 0.29) is 0 Å². The number of benzene rings is 1. The zero-order valence-electron chi connectivity index (χ0n) is 8.92. The van der Waals surface area contributed by atoms with Crippen molar-refractivity contribution in [3.05, 3.63) is 30.0 Å². The zero-order chi connectivity index (χ0) is 10.7. The fraction of sp³-hybridized carbons (Fsp3) is 0.333. The van der Waals surface area contributed by atoms with Crippen LogP contribution in [0.4, 0.5) is 0 Å². The van der Waals surface area contributed by atoms with Crippen molar-refractivity contribution in [3.8, 4) is 5.75 Å². The number of fused-ring (bicyclic) bond motifs is 1. The Bertz CT molecular complexity index is 448. The van der Waals surface area contributed by atoms with Gasteiger partial charge in [-0.25, -0.2) is 0 Å². The molecule has 3 heteroatoms. The number of hydrogen-bond acceptors (Lipinski definition) is 2. The van der Waals surface area contributed by atoms with Gasteiger partial charge in [0.1, 0.15) is 5.75 Å². The van der Waals surface area contributed by atoms with Crippen LogP contribution in [-0.4, -0.2) is 18.6 Å². The van der Waals surface area contributed by atoms with Gasteiger partial charge in [-0.3, -0.25) is 0 Å². The van der Waals surface area contributed by atoms with Gasteiger partial charge < -0.3 is 15.5 Å². The molecule has 0 aliphatic heterocycles. The molecule has 0 bridgehead atoms. The Balaban J connectivity index is 2.37. The van der Waals surface area contributed by atoms with Crippen molar-refractivity contribution < 1.29 is 4.74 Å². The summed E-state index contributed by atoms with van der Waals surface area (Å²) in [6, 6.07) is 8.21. The molecule has 15 heavy (non-hydrogen) atoms. The van der Waals surface area contributed by atoms with Crippen molar-refractivity contribution in [1.82, 2.24) is 4.98 Å². The minimum Gasteiger partial charge on any atom is -0.495 e. The van der Waals surface area contributed by atoms with Crippen molar-refractivity contribution in [2.45, 2.75) is 12.8 Å². The van der Waals surface area contributed by atoms with Crippen LogP contribution >= 0.6 is 0 Å². The van der Waals surface area contributed by atoms with E-state index >= 15 is 0 Å². The van der Waals surface area contributed by atoms with Crippen molar-refractivity contribution in [1.29, 1.82) is 0 Å². The number of hydrogen-bond donors (Lipinski definition) is 2. The quantitative estimate of drug-likeness (QED) is 0.801. The second kappa shape index (κ2) is 4.36. The molecule has 0 saturated carbocycles. The van der Waals surface area contributed by atoms with Gasteiger partial charge in [0.2, 0.25) is 0 Å². The van der Waals surface area contributed by atoms with E-state index in [1.165, 1.54) is 11.1 Å². The molecule has 1 heterocycles. The van der Waals surface area contributed by atoms with Crippen LogP contribution in [0.25, 0.3) is 10.9 Å². The van der Waals surface area contributed by atoms with Crippen LogP contribution in [-0.2, 0) is 6.42 Å². The molecule has 0 aliphatic carbocycles. The summed E-state index contributed by atoms with van der Waals surface area (Å²) >= 11 is 0. The van der Waals surface area contributed by atoms with E-state index < -0.39 is 0 Å². The molecule has 0 amide bonds. The number of nitrogens with one attached hydrogen (secondary N) is 1. The molecule has 0 aliphatic rings. The average molecular weight is 204 g/mol. The van der Waals surface area contributed by atoms with Gasteiger partial charge in [-0.2, -0.15) is 0 Å². The lowest BCUT2D eigenvalue weighted by Gasteiger charge is -2.00. The highest BCUT2D eigenvalue weighted by atomic mass is 16.5. The van der Waals surface area contributed by atoms with Crippen LogP contribution in [0.15, 0.2) is 24.3 Å². The summed E-state index contributed by atoms with van der Waals surface area (Å²) < 4.78 is 5.29. The summed E-state index contributed by atoms with van der Waals surface area (Å²) in [7, 11) is 1.69. The molecule has 1 aromatic heterocycles. The van der Waals surface area contributed by atoms with Gasteiger partial charge in [-0.1, -0.05) is 12.1 Å². The fourth-order valence-electron chi connectivity index (χ4n) is 1.78. The molecule has 2 aromatic rings. The Hall–Kier alpha value is -1.48. The number of ether oxygens (including phenoxy) is 1. The topological polar surface area (TPSA) is 51.0 Å². The molecule has 3 nitrogen and oxygen atoms in total. The number of methoxy groups -OCH3 is 1. The van der Waals surface area contributed by atoms with Crippen LogP contribution in [0.2, 0.25) is 0 Å². The Labute approximate surface area is 89.2 Å². The lowest BCUT2D eigenvalue weighted by molar-refractivity contribution is 0.419. The predicted molar refractivity (Wildman–Crippen MR) is 62.2 cm³/mol. The van der Waals surface area contributed by atoms with Gasteiger partial charge in [0.15, 0.2) is 0 Å². The Morgan fingerprint density at radius 2 is 2.27 bits per heavy atom. The lowest BCUT2D eigenvalue weighted by atomic mass is 10.2. The standard InChI is InChI=1S/C12H16N2O/c1-15-11-6-2-4-9-8-10(5-3-7-13)14-12(9)11/h2,4,6,8,14H,3,5,7,13H2,1H3. The molecule has 0 atom stereocenters. The lowest BCUT2D eigenvalue weighted by Crippen LogP contribution is -2.00. The van der Waals surface area contributed by atoms with Crippen LogP contribution in [0.5, 0.6) is 5.75 Å². The predicted octanol–water partition coefficient (Wildman–Crippen LogP) is 2.07. The first-order chi connectivity index (χ1) is 7.35. The third kappa shape index (κ3) is 1.97. The van der Waals surface area contributed by atoms with E-state index in [0.29, 0.717) is 0 Å². The minimum atomic E-state index is 0.729. The summed E-state index contributed by atoms with van der Waals surface area (Å²) in [4.78, 5) is 3.37. The summed E-state index contributed by atoms with van der Waals surface area (Å²) in [6.45, 7) is 0.729. The molecule has 3 N–H and O–H groups in total. The van der Waals surface area contributed by atoms with E-state index in [2.05, 4.69) is 17.1 Å². The monoisotopic (exact) mass is 204 g/mol. The van der Waals surface area contributed by atoms with Crippen molar-refractivity contribution in [2.75, 3.05) is 13.7 Å². The second-order valence-electron chi connectivity index (χ2n) is 3.61. The number of H-pyrrole nitrogens is 1. The Morgan fingerprint density at radius 1 is 1.40 bits per heavy atom. The largest absolute Gasteiger partial charge is 0.495 e. The molecule has 0 radical (unpaired) electrons. The first-order valence-electron chi connectivity index (χ1n) is 5.20. The number of rotatable bonds is 4. The molecule has 0 saturated heterocycles. The number of para-hydroxylation sites is 1. The molecule has 0 spiro atoms. The van der Waals surface area contributed by atoms with Crippen LogP contribution in [0, 0.1) is 0 Å². The first-order valence-corrected chi connectivity index (χ1v) is 5.20. The maximum atomic E-state index is 5.49. The van der Waals surface area contributed by atoms with Gasteiger partial charge >= 0.3 is 0 Å². The summed E-state index contributed by atoms with van der Waals surface area (Å²) in [5.41, 5.74) is 7.79. The fourth-order valence-corrected chi connectivity index (χ4v) is 1.78. The SMILES string of the molecule is COc1cccc2cc(CCCN)[nH]c12. The highest BCUT2D eigenvalue weighted by Crippen LogP contribution is 2.25. The average Bonchev–Trinajstić information content (AvgIpc) is 2.68. The number of aromatic amines is 1. The molecule has 1 aromatic carbocycles.